The molecule has 2 atom stereocenters. The highest BCUT2D eigenvalue weighted by atomic mass is 16.5. The molecule has 1 aliphatic rings. The Morgan fingerprint density at radius 1 is 1.07 bits per heavy atom. The van der Waals surface area contributed by atoms with Crippen molar-refractivity contribution in [3.63, 3.8) is 0 Å². The van der Waals surface area contributed by atoms with Crippen LogP contribution in [0.1, 0.15) is 34.8 Å². The molecule has 2 aromatic carbocycles. The minimum absolute atomic E-state index is 0.0857. The van der Waals surface area contributed by atoms with E-state index in [1.165, 1.54) is 0 Å². The monoisotopic (exact) mass is 396 g/mol. The lowest BCUT2D eigenvalue weighted by Crippen LogP contribution is -2.47. The Kier molecular flexibility index (Phi) is 6.97. The number of hydrogen-bond donors (Lipinski definition) is 2. The predicted octanol–water partition coefficient (Wildman–Crippen LogP) is 2.25. The summed E-state index contributed by atoms with van der Waals surface area (Å²) in [6, 6.07) is 17.7. The molecule has 0 radical (unpaired) electrons. The average molecular weight is 396 g/mol. The molecule has 7 heteroatoms. The number of amides is 2. The van der Waals surface area contributed by atoms with Gasteiger partial charge < -0.3 is 20.1 Å². The molecule has 2 amide bonds. The number of carbonyl (C=O) groups is 3. The topological polar surface area (TPSA) is 95.9 Å². The highest BCUT2D eigenvalue weighted by molar-refractivity contribution is 5.94. The number of carbonyl (C=O) groups excluding carboxylic acids is 2. The Labute approximate surface area is 169 Å². The summed E-state index contributed by atoms with van der Waals surface area (Å²) in [7, 11) is 0. The van der Waals surface area contributed by atoms with E-state index >= 15 is 0 Å². The van der Waals surface area contributed by atoms with E-state index < -0.39 is 18.1 Å². The predicted molar refractivity (Wildman–Crippen MR) is 106 cm³/mol. The van der Waals surface area contributed by atoms with Gasteiger partial charge in [-0.25, -0.2) is 0 Å². The third kappa shape index (κ3) is 5.89. The summed E-state index contributed by atoms with van der Waals surface area (Å²) in [5, 5.41) is 11.9. The molecule has 0 aromatic heterocycles. The van der Waals surface area contributed by atoms with E-state index in [4.69, 9.17) is 9.84 Å². The molecule has 0 spiro atoms. The van der Waals surface area contributed by atoms with Crippen LogP contribution in [0, 0.1) is 0 Å². The summed E-state index contributed by atoms with van der Waals surface area (Å²) < 4.78 is 5.44. The van der Waals surface area contributed by atoms with Crippen LogP contribution in [0.15, 0.2) is 60.7 Å². The van der Waals surface area contributed by atoms with Crippen LogP contribution in [0.3, 0.4) is 0 Å². The molecule has 0 saturated carbocycles. The van der Waals surface area contributed by atoms with Crippen molar-refractivity contribution < 1.29 is 24.2 Å². The Morgan fingerprint density at radius 2 is 1.72 bits per heavy atom. The second-order valence-electron chi connectivity index (χ2n) is 6.94. The highest BCUT2D eigenvalue weighted by Gasteiger charge is 2.28. The number of aliphatic carboxylic acids is 1. The highest BCUT2D eigenvalue weighted by Crippen LogP contribution is 2.20. The molecular formula is C22H24N2O5. The maximum atomic E-state index is 12.9. The number of nitrogens with one attached hydrogen (secondary N) is 1. The van der Waals surface area contributed by atoms with Crippen LogP contribution in [0.5, 0.6) is 0 Å². The number of benzene rings is 2. The molecule has 1 heterocycles. The van der Waals surface area contributed by atoms with E-state index in [0.717, 1.165) is 5.56 Å². The van der Waals surface area contributed by atoms with E-state index in [0.29, 0.717) is 18.7 Å². The molecule has 1 aliphatic heterocycles. The zero-order chi connectivity index (χ0) is 20.6. The van der Waals surface area contributed by atoms with Gasteiger partial charge in [0.2, 0.25) is 5.91 Å². The number of hydrogen-bond acceptors (Lipinski definition) is 4. The van der Waals surface area contributed by atoms with Crippen LogP contribution in [0.2, 0.25) is 0 Å². The first-order valence-electron chi connectivity index (χ1n) is 9.55. The van der Waals surface area contributed by atoms with Crippen molar-refractivity contribution in [2.45, 2.75) is 25.0 Å². The van der Waals surface area contributed by atoms with Crippen molar-refractivity contribution in [2.75, 3.05) is 19.7 Å². The number of rotatable bonds is 7. The smallest absolute Gasteiger partial charge is 0.306 e. The molecule has 1 saturated heterocycles. The van der Waals surface area contributed by atoms with Gasteiger partial charge in [0.05, 0.1) is 31.6 Å². The largest absolute Gasteiger partial charge is 0.481 e. The zero-order valence-corrected chi connectivity index (χ0v) is 16.0. The molecular weight excluding hydrogens is 372 g/mol. The summed E-state index contributed by atoms with van der Waals surface area (Å²) in [4.78, 5) is 38.1. The number of ether oxygens (including phenoxy) is 1. The lowest BCUT2D eigenvalue weighted by Gasteiger charge is -2.33. The molecule has 2 unspecified atom stereocenters. The normalized spacial score (nSPS) is 17.4. The van der Waals surface area contributed by atoms with Crippen LogP contribution in [-0.2, 0) is 14.3 Å². The molecule has 0 bridgehead atoms. The van der Waals surface area contributed by atoms with Crippen molar-refractivity contribution in [2.24, 2.45) is 0 Å². The average Bonchev–Trinajstić information content (AvgIpc) is 2.74. The molecule has 7 nitrogen and oxygen atoms in total. The van der Waals surface area contributed by atoms with E-state index in [-0.39, 0.29) is 31.2 Å². The molecule has 2 aromatic rings. The van der Waals surface area contributed by atoms with E-state index in [1.54, 1.807) is 29.2 Å². The zero-order valence-electron chi connectivity index (χ0n) is 16.0. The number of morpholine rings is 1. The second-order valence-corrected chi connectivity index (χ2v) is 6.94. The van der Waals surface area contributed by atoms with Crippen molar-refractivity contribution in [3.05, 3.63) is 71.8 Å². The van der Waals surface area contributed by atoms with Gasteiger partial charge in [0, 0.05) is 18.7 Å². The summed E-state index contributed by atoms with van der Waals surface area (Å²) in [6.45, 7) is 0.943. The van der Waals surface area contributed by atoms with E-state index in [1.807, 2.05) is 36.4 Å². The third-order valence-electron chi connectivity index (χ3n) is 4.82. The van der Waals surface area contributed by atoms with E-state index in [9.17, 15) is 14.4 Å². The fourth-order valence-electron chi connectivity index (χ4n) is 3.34. The first kappa shape index (κ1) is 20.5. The molecule has 152 valence electrons. The summed E-state index contributed by atoms with van der Waals surface area (Å²) in [5.74, 6) is -1.36. The first-order valence-corrected chi connectivity index (χ1v) is 9.55. The molecule has 29 heavy (non-hydrogen) atoms. The SMILES string of the molecule is O=C(O)CC1CN(C(=O)CC(NC(=O)c2ccccc2)c2ccccc2)CCO1. The lowest BCUT2D eigenvalue weighted by atomic mass is 10.0. The van der Waals surface area contributed by atoms with Gasteiger partial charge in [-0.1, -0.05) is 48.5 Å². The maximum Gasteiger partial charge on any atom is 0.306 e. The second kappa shape index (κ2) is 9.84. The number of carboxylic acids is 1. The van der Waals surface area contributed by atoms with Crippen LogP contribution in [-0.4, -0.2) is 53.6 Å². The minimum atomic E-state index is -0.957. The Bertz CT molecular complexity index is 841. The van der Waals surface area contributed by atoms with Gasteiger partial charge in [-0.2, -0.15) is 0 Å². The van der Waals surface area contributed by atoms with Crippen molar-refractivity contribution in [1.82, 2.24) is 10.2 Å². The maximum absolute atomic E-state index is 12.9. The van der Waals surface area contributed by atoms with Gasteiger partial charge in [-0.05, 0) is 17.7 Å². The lowest BCUT2D eigenvalue weighted by molar-refractivity contribution is -0.148. The Morgan fingerprint density at radius 3 is 2.38 bits per heavy atom. The fraction of sp³-hybridized carbons (Fsp3) is 0.318. The Balaban J connectivity index is 1.70. The van der Waals surface area contributed by atoms with Crippen molar-refractivity contribution in [3.8, 4) is 0 Å². The number of carboxylic acid groups (broad SMARTS) is 1. The molecule has 0 aliphatic carbocycles. The summed E-state index contributed by atoms with van der Waals surface area (Å²) in [6.07, 6.45) is -0.571. The van der Waals surface area contributed by atoms with Crippen LogP contribution >= 0.6 is 0 Å². The quantitative estimate of drug-likeness (QED) is 0.748. The molecule has 2 N–H and O–H groups in total. The van der Waals surface area contributed by atoms with Crippen molar-refractivity contribution in [1.29, 1.82) is 0 Å². The van der Waals surface area contributed by atoms with Gasteiger partial charge in [-0.3, -0.25) is 14.4 Å². The summed E-state index contributed by atoms with van der Waals surface area (Å²) >= 11 is 0. The van der Waals surface area contributed by atoms with Crippen LogP contribution < -0.4 is 5.32 Å². The van der Waals surface area contributed by atoms with Gasteiger partial charge in [0.15, 0.2) is 0 Å². The molecule has 1 fully saturated rings. The van der Waals surface area contributed by atoms with Crippen LogP contribution in [0.4, 0.5) is 0 Å². The van der Waals surface area contributed by atoms with Gasteiger partial charge in [0.1, 0.15) is 0 Å². The third-order valence-corrected chi connectivity index (χ3v) is 4.82. The Hall–Kier alpha value is -3.19. The number of nitrogens with zero attached hydrogens (tertiary/aromatic N) is 1. The minimum Gasteiger partial charge on any atom is -0.481 e. The van der Waals surface area contributed by atoms with Crippen molar-refractivity contribution >= 4 is 17.8 Å². The van der Waals surface area contributed by atoms with Gasteiger partial charge in [-0.15, -0.1) is 0 Å². The molecule has 3 rings (SSSR count). The van der Waals surface area contributed by atoms with Gasteiger partial charge in [0.25, 0.3) is 5.91 Å². The van der Waals surface area contributed by atoms with Crippen LogP contribution in [0.25, 0.3) is 0 Å². The van der Waals surface area contributed by atoms with E-state index in [2.05, 4.69) is 5.32 Å². The standard InChI is InChI=1S/C22H24N2O5/c25-20(24-11-12-29-18(15-24)13-21(26)27)14-19(16-7-3-1-4-8-16)23-22(28)17-9-5-2-6-10-17/h1-10,18-19H,11-15H2,(H,23,28)(H,26,27). The van der Waals surface area contributed by atoms with Gasteiger partial charge >= 0.3 is 5.97 Å². The fourth-order valence-corrected chi connectivity index (χ4v) is 3.34. The first-order chi connectivity index (χ1) is 14.0. The summed E-state index contributed by atoms with van der Waals surface area (Å²) in [5.41, 5.74) is 1.36.